The Morgan fingerprint density at radius 2 is 2.08 bits per heavy atom. The van der Waals surface area contributed by atoms with Gasteiger partial charge in [0.2, 0.25) is 0 Å². The fourth-order valence-electron chi connectivity index (χ4n) is 3.24. The normalized spacial score (nSPS) is 39.7. The summed E-state index contributed by atoms with van der Waals surface area (Å²) in [6.45, 7) is 10.9. The van der Waals surface area contributed by atoms with Crippen LogP contribution in [0.2, 0.25) is 0 Å². The quantitative estimate of drug-likeness (QED) is 0.605. The zero-order valence-corrected chi connectivity index (χ0v) is 9.38. The number of likely N-dealkylation sites (tertiary alicyclic amines) is 2. The number of fused-ring (bicyclic) bond motifs is 2. The van der Waals surface area contributed by atoms with Crippen molar-refractivity contribution in [3.63, 3.8) is 0 Å². The molecule has 2 nitrogen and oxygen atoms in total. The van der Waals surface area contributed by atoms with E-state index >= 15 is 0 Å². The van der Waals surface area contributed by atoms with E-state index in [4.69, 9.17) is 0 Å². The third-order valence-corrected chi connectivity index (χ3v) is 3.97. The molecular formula is C11H22N2. The van der Waals surface area contributed by atoms with E-state index in [2.05, 4.69) is 37.6 Å². The van der Waals surface area contributed by atoms with Crippen LogP contribution >= 0.6 is 0 Å². The van der Waals surface area contributed by atoms with E-state index < -0.39 is 0 Å². The predicted octanol–water partition coefficient (Wildman–Crippen LogP) is 1.42. The Labute approximate surface area is 81.9 Å². The minimum absolute atomic E-state index is 0.484. The molecule has 0 N–H and O–H groups in total. The predicted molar refractivity (Wildman–Crippen MR) is 55.9 cm³/mol. The van der Waals surface area contributed by atoms with Crippen LogP contribution in [0, 0.1) is 5.41 Å². The van der Waals surface area contributed by atoms with Crippen LogP contribution in [-0.2, 0) is 0 Å². The molecular weight excluding hydrogens is 160 g/mol. The molecule has 0 radical (unpaired) electrons. The molecule has 2 fully saturated rings. The second kappa shape index (κ2) is 2.96. The van der Waals surface area contributed by atoms with E-state index in [1.807, 2.05) is 0 Å². The zero-order valence-electron chi connectivity index (χ0n) is 9.38. The van der Waals surface area contributed by atoms with Crippen molar-refractivity contribution in [2.24, 2.45) is 5.41 Å². The molecule has 0 aliphatic carbocycles. The van der Waals surface area contributed by atoms with Gasteiger partial charge in [0.1, 0.15) is 0 Å². The highest BCUT2D eigenvalue weighted by atomic mass is 15.3. The maximum Gasteiger partial charge on any atom is 0.0235 e. The molecule has 0 amide bonds. The van der Waals surface area contributed by atoms with Gasteiger partial charge in [-0.25, -0.2) is 0 Å². The summed E-state index contributed by atoms with van der Waals surface area (Å²) in [4.78, 5) is 5.21. The highest BCUT2D eigenvalue weighted by Crippen LogP contribution is 2.39. The Hall–Kier alpha value is -0.0800. The number of rotatable bonds is 1. The summed E-state index contributed by atoms with van der Waals surface area (Å²) in [5, 5.41) is 0. The minimum Gasteiger partial charge on any atom is -0.301 e. The van der Waals surface area contributed by atoms with E-state index in [1.165, 1.54) is 26.1 Å². The van der Waals surface area contributed by atoms with Crippen molar-refractivity contribution in [1.82, 2.24) is 9.80 Å². The number of nitrogens with zero attached hydrogens (tertiary/aromatic N) is 2. The lowest BCUT2D eigenvalue weighted by Crippen LogP contribution is -2.49. The van der Waals surface area contributed by atoms with Crippen molar-refractivity contribution in [2.45, 2.75) is 39.3 Å². The Morgan fingerprint density at radius 3 is 2.69 bits per heavy atom. The summed E-state index contributed by atoms with van der Waals surface area (Å²) in [5.41, 5.74) is 0.484. The summed E-state index contributed by atoms with van der Waals surface area (Å²) >= 11 is 0. The van der Waals surface area contributed by atoms with Gasteiger partial charge in [0, 0.05) is 25.2 Å². The molecule has 2 aliphatic heterocycles. The van der Waals surface area contributed by atoms with Gasteiger partial charge >= 0.3 is 0 Å². The summed E-state index contributed by atoms with van der Waals surface area (Å²) in [6.07, 6.45) is 1.39. The van der Waals surface area contributed by atoms with Crippen LogP contribution in [0.3, 0.4) is 0 Å². The van der Waals surface area contributed by atoms with Crippen LogP contribution < -0.4 is 0 Å². The van der Waals surface area contributed by atoms with E-state index in [1.54, 1.807) is 0 Å². The van der Waals surface area contributed by atoms with E-state index in [9.17, 15) is 0 Å². The molecule has 0 aromatic carbocycles. The van der Waals surface area contributed by atoms with Crippen molar-refractivity contribution in [1.29, 1.82) is 0 Å². The molecule has 2 heteroatoms. The maximum absolute atomic E-state index is 2.66. The Bertz CT molecular complexity index is 200. The largest absolute Gasteiger partial charge is 0.301 e. The lowest BCUT2D eigenvalue weighted by atomic mass is 9.79. The van der Waals surface area contributed by atoms with Crippen LogP contribution in [-0.4, -0.2) is 48.6 Å². The van der Waals surface area contributed by atoms with Gasteiger partial charge < -0.3 is 4.90 Å². The minimum atomic E-state index is 0.484. The fourth-order valence-corrected chi connectivity index (χ4v) is 3.24. The van der Waals surface area contributed by atoms with E-state index in [0.29, 0.717) is 5.41 Å². The topological polar surface area (TPSA) is 6.48 Å². The van der Waals surface area contributed by atoms with Crippen molar-refractivity contribution >= 4 is 0 Å². The van der Waals surface area contributed by atoms with Crippen molar-refractivity contribution in [3.8, 4) is 0 Å². The van der Waals surface area contributed by atoms with Crippen LogP contribution in [0.4, 0.5) is 0 Å². The van der Waals surface area contributed by atoms with Crippen molar-refractivity contribution in [2.75, 3.05) is 26.7 Å². The monoisotopic (exact) mass is 182 g/mol. The summed E-state index contributed by atoms with van der Waals surface area (Å²) < 4.78 is 0. The van der Waals surface area contributed by atoms with Crippen LogP contribution in [0.1, 0.15) is 27.2 Å². The lowest BCUT2D eigenvalue weighted by molar-refractivity contribution is 0.0733. The van der Waals surface area contributed by atoms with Gasteiger partial charge in [-0.15, -0.1) is 0 Å². The molecule has 0 spiro atoms. The molecule has 0 aromatic heterocycles. The molecule has 2 aliphatic rings. The Kier molecular flexibility index (Phi) is 2.16. The van der Waals surface area contributed by atoms with Gasteiger partial charge in [0.25, 0.3) is 0 Å². The lowest BCUT2D eigenvalue weighted by Gasteiger charge is -2.42. The van der Waals surface area contributed by atoms with Crippen molar-refractivity contribution in [3.05, 3.63) is 0 Å². The van der Waals surface area contributed by atoms with Crippen LogP contribution in [0.25, 0.3) is 0 Å². The third kappa shape index (κ3) is 1.40. The highest BCUT2D eigenvalue weighted by Gasteiger charge is 2.47. The van der Waals surface area contributed by atoms with E-state index in [0.717, 1.165) is 12.1 Å². The fraction of sp³-hybridized carbons (Fsp3) is 1.00. The van der Waals surface area contributed by atoms with Crippen LogP contribution in [0.5, 0.6) is 0 Å². The number of likely N-dealkylation sites (N-methyl/N-ethyl adjacent to an activating group) is 2. The zero-order chi connectivity index (χ0) is 9.64. The second-order valence-corrected chi connectivity index (χ2v) is 5.40. The van der Waals surface area contributed by atoms with E-state index in [-0.39, 0.29) is 0 Å². The van der Waals surface area contributed by atoms with Gasteiger partial charge in [0.15, 0.2) is 0 Å². The first-order chi connectivity index (χ1) is 6.04. The average Bonchev–Trinajstić information content (AvgIpc) is 2.42. The standard InChI is InChI=1S/C11H22N2/c1-5-13-7-9-6-10(13)11(2,3)8-12(9)4/h9-10H,5-8H2,1-4H3. The molecule has 0 saturated carbocycles. The molecule has 2 heterocycles. The molecule has 0 aromatic rings. The molecule has 13 heavy (non-hydrogen) atoms. The molecule has 2 atom stereocenters. The number of piperidine rings is 1. The Morgan fingerprint density at radius 1 is 1.38 bits per heavy atom. The first kappa shape index (κ1) is 9.47. The first-order valence-corrected chi connectivity index (χ1v) is 5.49. The van der Waals surface area contributed by atoms with Gasteiger partial charge in [-0.2, -0.15) is 0 Å². The molecule has 2 unspecified atom stereocenters. The first-order valence-electron chi connectivity index (χ1n) is 5.49. The Balaban J connectivity index is 2.20. The van der Waals surface area contributed by atoms with Gasteiger partial charge in [-0.05, 0) is 25.4 Å². The number of hydrogen-bond acceptors (Lipinski definition) is 2. The van der Waals surface area contributed by atoms with Gasteiger partial charge in [-0.1, -0.05) is 20.8 Å². The summed E-state index contributed by atoms with van der Waals surface area (Å²) in [5.74, 6) is 0. The van der Waals surface area contributed by atoms with Gasteiger partial charge in [-0.3, -0.25) is 4.90 Å². The molecule has 2 rings (SSSR count). The second-order valence-electron chi connectivity index (χ2n) is 5.40. The number of hydrogen-bond donors (Lipinski definition) is 0. The maximum atomic E-state index is 2.66. The summed E-state index contributed by atoms with van der Waals surface area (Å²) in [6, 6.07) is 1.66. The smallest absolute Gasteiger partial charge is 0.0235 e. The molecule has 76 valence electrons. The summed E-state index contributed by atoms with van der Waals surface area (Å²) in [7, 11) is 2.28. The highest BCUT2D eigenvalue weighted by molar-refractivity contribution is 5.02. The molecule has 2 saturated heterocycles. The SMILES string of the molecule is CCN1CC2CC1C(C)(C)CN2C. The van der Waals surface area contributed by atoms with Gasteiger partial charge in [0.05, 0.1) is 0 Å². The van der Waals surface area contributed by atoms with Crippen LogP contribution in [0.15, 0.2) is 0 Å². The molecule has 2 bridgehead atoms. The third-order valence-electron chi connectivity index (χ3n) is 3.97. The van der Waals surface area contributed by atoms with Crippen molar-refractivity contribution < 1.29 is 0 Å². The average molecular weight is 182 g/mol.